The van der Waals surface area contributed by atoms with Gasteiger partial charge in [0.15, 0.2) is 0 Å². The van der Waals surface area contributed by atoms with Crippen molar-refractivity contribution in [1.82, 2.24) is 0 Å². The topological polar surface area (TPSA) is 56.8 Å². The second-order valence-electron chi connectivity index (χ2n) is 5.51. The van der Waals surface area contributed by atoms with Gasteiger partial charge in [0.2, 0.25) is 0 Å². The van der Waals surface area contributed by atoms with E-state index < -0.39 is 0 Å². The molecule has 0 saturated carbocycles. The van der Waals surface area contributed by atoms with Gasteiger partial charge in [-0.3, -0.25) is 4.79 Å². The molecule has 0 aliphatic carbocycles. The predicted molar refractivity (Wildman–Crippen MR) is 106 cm³/mol. The van der Waals surface area contributed by atoms with E-state index in [-0.39, 0.29) is 5.91 Å². The molecule has 0 heterocycles. The van der Waals surface area contributed by atoms with Crippen LogP contribution in [0, 0.1) is 0 Å². The summed E-state index contributed by atoms with van der Waals surface area (Å²) in [6.07, 6.45) is 0.877. The molecule has 0 aromatic heterocycles. The Morgan fingerprint density at radius 3 is 2.46 bits per heavy atom. The fraction of sp³-hybridized carbons (Fsp3) is 0.350. The SMILES string of the molecule is CCCOc1ccc(Br)cc1C(=O)Nc1ccc(OCCOCC)cc1. The molecule has 0 aliphatic rings. The minimum atomic E-state index is -0.220. The molecule has 0 unspecified atom stereocenters. The Hall–Kier alpha value is -2.05. The lowest BCUT2D eigenvalue weighted by Gasteiger charge is -2.12. The molecule has 140 valence electrons. The molecule has 0 radical (unpaired) electrons. The molecule has 0 atom stereocenters. The summed E-state index contributed by atoms with van der Waals surface area (Å²) in [5.74, 6) is 1.09. The number of ether oxygens (including phenoxy) is 3. The van der Waals surface area contributed by atoms with Crippen LogP contribution in [0.5, 0.6) is 11.5 Å². The number of amides is 1. The Labute approximate surface area is 162 Å². The fourth-order valence-corrected chi connectivity index (χ4v) is 2.57. The fourth-order valence-electron chi connectivity index (χ4n) is 2.21. The lowest BCUT2D eigenvalue weighted by atomic mass is 10.2. The number of carbonyl (C=O) groups excluding carboxylic acids is 1. The third-order valence-corrected chi connectivity index (χ3v) is 3.95. The maximum absolute atomic E-state index is 12.6. The Bertz CT molecular complexity index is 703. The first kappa shape index (κ1) is 20.3. The molecule has 0 bridgehead atoms. The van der Waals surface area contributed by atoms with Crippen LogP contribution in [0.3, 0.4) is 0 Å². The standard InChI is InChI=1S/C20H24BrNO4/c1-3-11-26-19-10-5-15(21)14-18(19)20(23)22-16-6-8-17(9-7-16)25-13-12-24-4-2/h5-10,14H,3-4,11-13H2,1-2H3,(H,22,23). The van der Waals surface area contributed by atoms with Gasteiger partial charge < -0.3 is 19.5 Å². The lowest BCUT2D eigenvalue weighted by Crippen LogP contribution is -2.14. The first-order chi connectivity index (χ1) is 12.6. The second kappa shape index (κ2) is 10.8. The number of benzene rings is 2. The summed E-state index contributed by atoms with van der Waals surface area (Å²) in [6.45, 7) is 6.26. The molecule has 0 spiro atoms. The maximum Gasteiger partial charge on any atom is 0.259 e. The molecule has 2 aromatic rings. The quantitative estimate of drug-likeness (QED) is 0.553. The molecule has 1 N–H and O–H groups in total. The Balaban J connectivity index is 2.00. The van der Waals surface area contributed by atoms with Gasteiger partial charge in [-0.2, -0.15) is 0 Å². The van der Waals surface area contributed by atoms with Crippen molar-refractivity contribution in [2.75, 3.05) is 31.7 Å². The Morgan fingerprint density at radius 2 is 1.77 bits per heavy atom. The van der Waals surface area contributed by atoms with Crippen molar-refractivity contribution in [2.24, 2.45) is 0 Å². The van der Waals surface area contributed by atoms with Gasteiger partial charge in [0.05, 0.1) is 18.8 Å². The molecular formula is C20H24BrNO4. The van der Waals surface area contributed by atoms with Crippen LogP contribution in [0.4, 0.5) is 5.69 Å². The van der Waals surface area contributed by atoms with Crippen molar-refractivity contribution in [1.29, 1.82) is 0 Å². The predicted octanol–water partition coefficient (Wildman–Crippen LogP) is 4.91. The van der Waals surface area contributed by atoms with E-state index in [1.165, 1.54) is 0 Å². The summed E-state index contributed by atoms with van der Waals surface area (Å²) < 4.78 is 17.3. The maximum atomic E-state index is 12.6. The lowest BCUT2D eigenvalue weighted by molar-refractivity contribution is 0.102. The summed E-state index contributed by atoms with van der Waals surface area (Å²) in [7, 11) is 0. The summed E-state index contributed by atoms with van der Waals surface area (Å²) in [4.78, 5) is 12.6. The van der Waals surface area contributed by atoms with Gasteiger partial charge in [0.1, 0.15) is 18.1 Å². The second-order valence-corrected chi connectivity index (χ2v) is 6.43. The van der Waals surface area contributed by atoms with E-state index >= 15 is 0 Å². The zero-order valence-electron chi connectivity index (χ0n) is 15.1. The van der Waals surface area contributed by atoms with Crippen LogP contribution in [-0.2, 0) is 4.74 Å². The minimum absolute atomic E-state index is 0.220. The van der Waals surface area contributed by atoms with E-state index in [4.69, 9.17) is 14.2 Å². The van der Waals surface area contributed by atoms with Crippen molar-refractivity contribution < 1.29 is 19.0 Å². The van der Waals surface area contributed by atoms with Crippen molar-refractivity contribution in [3.05, 3.63) is 52.5 Å². The zero-order chi connectivity index (χ0) is 18.8. The van der Waals surface area contributed by atoms with Crippen LogP contribution in [0.25, 0.3) is 0 Å². The third kappa shape index (κ3) is 6.35. The number of rotatable bonds is 10. The number of halogens is 1. The highest BCUT2D eigenvalue weighted by molar-refractivity contribution is 9.10. The Morgan fingerprint density at radius 1 is 1.00 bits per heavy atom. The number of carbonyl (C=O) groups is 1. The highest BCUT2D eigenvalue weighted by Gasteiger charge is 2.14. The van der Waals surface area contributed by atoms with E-state index in [1.807, 2.05) is 32.0 Å². The van der Waals surface area contributed by atoms with Gasteiger partial charge in [0.25, 0.3) is 5.91 Å². The number of hydrogen-bond donors (Lipinski definition) is 1. The van der Waals surface area contributed by atoms with Gasteiger partial charge >= 0.3 is 0 Å². The largest absolute Gasteiger partial charge is 0.493 e. The Kier molecular flexibility index (Phi) is 8.44. The molecule has 2 aromatic carbocycles. The highest BCUT2D eigenvalue weighted by atomic mass is 79.9. The smallest absolute Gasteiger partial charge is 0.259 e. The number of nitrogens with one attached hydrogen (secondary N) is 1. The van der Waals surface area contributed by atoms with Gasteiger partial charge in [-0.05, 0) is 55.8 Å². The van der Waals surface area contributed by atoms with Crippen LogP contribution in [0.1, 0.15) is 30.6 Å². The van der Waals surface area contributed by atoms with Crippen LogP contribution in [0.15, 0.2) is 46.9 Å². The van der Waals surface area contributed by atoms with Crippen molar-refractivity contribution >= 4 is 27.5 Å². The van der Waals surface area contributed by atoms with Crippen LogP contribution >= 0.6 is 15.9 Å². The summed E-state index contributed by atoms with van der Waals surface area (Å²) in [5.41, 5.74) is 1.18. The van der Waals surface area contributed by atoms with Crippen LogP contribution < -0.4 is 14.8 Å². The van der Waals surface area contributed by atoms with Crippen molar-refractivity contribution in [3.8, 4) is 11.5 Å². The summed E-state index contributed by atoms with van der Waals surface area (Å²) >= 11 is 3.40. The molecule has 5 nitrogen and oxygen atoms in total. The average molecular weight is 422 g/mol. The van der Waals surface area contributed by atoms with E-state index in [9.17, 15) is 4.79 Å². The first-order valence-electron chi connectivity index (χ1n) is 8.68. The molecule has 0 aliphatic heterocycles. The monoisotopic (exact) mass is 421 g/mol. The van der Waals surface area contributed by atoms with Gasteiger partial charge in [-0.1, -0.05) is 22.9 Å². The molecule has 1 amide bonds. The van der Waals surface area contributed by atoms with E-state index in [1.54, 1.807) is 24.3 Å². The first-order valence-corrected chi connectivity index (χ1v) is 9.47. The molecule has 0 fully saturated rings. The summed E-state index contributed by atoms with van der Waals surface area (Å²) in [5, 5.41) is 2.89. The van der Waals surface area contributed by atoms with E-state index in [2.05, 4.69) is 21.2 Å². The molecule has 6 heteroatoms. The molecule has 2 rings (SSSR count). The van der Waals surface area contributed by atoms with Gasteiger partial charge in [-0.15, -0.1) is 0 Å². The van der Waals surface area contributed by atoms with E-state index in [0.29, 0.717) is 43.4 Å². The molecule has 26 heavy (non-hydrogen) atoms. The van der Waals surface area contributed by atoms with Gasteiger partial charge in [-0.25, -0.2) is 0 Å². The van der Waals surface area contributed by atoms with Crippen molar-refractivity contribution in [3.63, 3.8) is 0 Å². The number of anilines is 1. The number of hydrogen-bond acceptors (Lipinski definition) is 4. The minimum Gasteiger partial charge on any atom is -0.493 e. The normalized spacial score (nSPS) is 10.4. The van der Waals surface area contributed by atoms with E-state index in [0.717, 1.165) is 16.6 Å². The van der Waals surface area contributed by atoms with Gasteiger partial charge in [0, 0.05) is 16.8 Å². The summed E-state index contributed by atoms with van der Waals surface area (Å²) in [6, 6.07) is 12.6. The zero-order valence-corrected chi connectivity index (χ0v) is 16.7. The third-order valence-electron chi connectivity index (χ3n) is 3.46. The molecular weight excluding hydrogens is 398 g/mol. The van der Waals surface area contributed by atoms with Crippen molar-refractivity contribution in [2.45, 2.75) is 20.3 Å². The van der Waals surface area contributed by atoms with Crippen LogP contribution in [-0.4, -0.2) is 32.3 Å². The average Bonchev–Trinajstić information content (AvgIpc) is 2.65. The molecule has 0 saturated heterocycles. The highest BCUT2D eigenvalue weighted by Crippen LogP contribution is 2.25. The van der Waals surface area contributed by atoms with Crippen LogP contribution in [0.2, 0.25) is 0 Å².